The summed E-state index contributed by atoms with van der Waals surface area (Å²) >= 11 is 0. The normalized spacial score (nSPS) is 12.3. The molecular weight excluding hydrogens is 422 g/mol. The molecule has 0 aliphatic rings. The van der Waals surface area contributed by atoms with Gasteiger partial charge in [0, 0.05) is 15.1 Å². The first kappa shape index (κ1) is 35.1. The fourth-order valence-electron chi connectivity index (χ4n) is 3.51. The van der Waals surface area contributed by atoms with Gasteiger partial charge in [0.1, 0.15) is 0 Å². The van der Waals surface area contributed by atoms with E-state index in [1.54, 1.807) is 0 Å². The molecule has 0 saturated carbocycles. The number of hydrogen-bond donors (Lipinski definition) is 1. The largest absolute Gasteiger partial charge is 0.389 e. The summed E-state index contributed by atoms with van der Waals surface area (Å²) in [5, 5.41) is 3.49. The molecule has 0 aliphatic carbocycles. The van der Waals surface area contributed by atoms with Crippen molar-refractivity contribution in [1.29, 1.82) is 0 Å². The van der Waals surface area contributed by atoms with Crippen LogP contribution in [0.3, 0.4) is 0 Å². The summed E-state index contributed by atoms with van der Waals surface area (Å²) in [4.78, 5) is 0. The number of unbranched alkanes of at least 4 members (excludes halogenated alkanes) is 1. The minimum Gasteiger partial charge on any atom is -0.389 e. The summed E-state index contributed by atoms with van der Waals surface area (Å²) in [5.74, 6) is 0.918. The first-order valence-electron chi connectivity index (χ1n) is 14.6. The molecule has 0 radical (unpaired) electrons. The molecule has 1 N–H and O–H groups in total. The van der Waals surface area contributed by atoms with Gasteiger partial charge in [-0.15, -0.1) is 0 Å². The summed E-state index contributed by atoms with van der Waals surface area (Å²) in [6.45, 7) is 16.0. The zero-order valence-electron chi connectivity index (χ0n) is 24.1. The molecule has 0 unspecified atom stereocenters. The fourth-order valence-corrected chi connectivity index (χ4v) is 3.51. The highest BCUT2D eigenvalue weighted by Crippen LogP contribution is 2.15. The quantitative estimate of drug-likeness (QED) is 0.119. The van der Waals surface area contributed by atoms with Crippen LogP contribution < -0.4 is 5.32 Å². The first-order valence-corrected chi connectivity index (χ1v) is 14.6. The molecule has 0 atom stereocenters. The third kappa shape index (κ3) is 29.9. The van der Waals surface area contributed by atoms with Gasteiger partial charge in [-0.3, -0.25) is 0 Å². The maximum atomic E-state index is 4.16. The Kier molecular flexibility index (Phi) is 32.1. The van der Waals surface area contributed by atoms with Gasteiger partial charge < -0.3 is 5.32 Å². The van der Waals surface area contributed by atoms with Gasteiger partial charge in [-0.2, -0.15) is 0 Å². The van der Waals surface area contributed by atoms with Gasteiger partial charge in [0.15, 0.2) is 0 Å². The SMILES string of the molecule is C=C(CC/C=C\C/C=C\C/C=C\C/C=C\C/C=C\C/C=C\CC)NCCCCC(CC)CC.CC.[HH].[HH]. The molecule has 0 fully saturated rings. The maximum Gasteiger partial charge on any atom is 0.0143 e. The molecule has 0 aliphatic heterocycles. The van der Waals surface area contributed by atoms with E-state index < -0.39 is 0 Å². The van der Waals surface area contributed by atoms with E-state index in [2.05, 4.69) is 106 Å². The molecule has 0 bridgehead atoms. The Morgan fingerprint density at radius 2 is 1.09 bits per heavy atom. The Morgan fingerprint density at radius 3 is 1.51 bits per heavy atom. The lowest BCUT2D eigenvalue weighted by Crippen LogP contribution is -2.14. The van der Waals surface area contributed by atoms with Crippen LogP contribution in [0.1, 0.15) is 121 Å². The van der Waals surface area contributed by atoms with Crippen LogP contribution in [0.15, 0.2) is 85.2 Å². The van der Waals surface area contributed by atoms with Gasteiger partial charge in [0.05, 0.1) is 0 Å². The second-order valence-electron chi connectivity index (χ2n) is 8.66. The van der Waals surface area contributed by atoms with Crippen LogP contribution in [0.25, 0.3) is 0 Å². The van der Waals surface area contributed by atoms with Crippen molar-refractivity contribution in [2.45, 2.75) is 118 Å². The molecule has 1 nitrogen and oxygen atoms in total. The highest BCUT2D eigenvalue weighted by atomic mass is 14.9. The summed E-state index contributed by atoms with van der Waals surface area (Å²) in [6, 6.07) is 0. The molecular formula is C34H63N. The molecule has 0 aromatic rings. The molecule has 1 heteroatoms. The Morgan fingerprint density at radius 1 is 0.657 bits per heavy atom. The molecule has 0 spiro atoms. The monoisotopic (exact) mass is 485 g/mol. The lowest BCUT2D eigenvalue weighted by molar-refractivity contribution is 0.432. The third-order valence-corrected chi connectivity index (χ3v) is 5.78. The Labute approximate surface area is 223 Å². The molecule has 0 rings (SSSR count). The lowest BCUT2D eigenvalue weighted by atomic mass is 9.97. The first-order chi connectivity index (χ1) is 17.2. The van der Waals surface area contributed by atoms with Gasteiger partial charge in [-0.25, -0.2) is 0 Å². The number of allylic oxidation sites excluding steroid dienone is 13. The summed E-state index contributed by atoms with van der Waals surface area (Å²) in [7, 11) is 0. The Bertz CT molecular complexity index is 607. The number of hydrogen-bond acceptors (Lipinski definition) is 1. The molecule has 0 saturated heterocycles. The second kappa shape index (κ2) is 32.0. The number of rotatable bonds is 22. The van der Waals surface area contributed by atoms with E-state index in [9.17, 15) is 0 Å². The molecule has 0 aromatic carbocycles. The van der Waals surface area contributed by atoms with Crippen molar-refractivity contribution < 1.29 is 2.85 Å². The zero-order valence-corrected chi connectivity index (χ0v) is 24.1. The molecule has 0 amide bonds. The van der Waals surface area contributed by atoms with Crippen LogP contribution in [0.5, 0.6) is 0 Å². The van der Waals surface area contributed by atoms with E-state index in [1.165, 1.54) is 37.8 Å². The van der Waals surface area contributed by atoms with E-state index >= 15 is 0 Å². The van der Waals surface area contributed by atoms with E-state index in [0.29, 0.717) is 0 Å². The van der Waals surface area contributed by atoms with E-state index in [0.717, 1.165) is 63.8 Å². The average molecular weight is 486 g/mol. The predicted octanol–water partition coefficient (Wildman–Crippen LogP) is 11.7. The van der Waals surface area contributed by atoms with E-state index in [4.69, 9.17) is 0 Å². The van der Waals surface area contributed by atoms with Crippen molar-refractivity contribution in [2.24, 2.45) is 5.92 Å². The zero-order chi connectivity index (χ0) is 26.2. The Hall–Kier alpha value is -2.02. The summed E-state index contributed by atoms with van der Waals surface area (Å²) < 4.78 is 0. The van der Waals surface area contributed by atoms with Crippen molar-refractivity contribution in [3.8, 4) is 0 Å². The van der Waals surface area contributed by atoms with Crippen LogP contribution in [-0.2, 0) is 0 Å². The van der Waals surface area contributed by atoms with Crippen LogP contribution in [0, 0.1) is 5.92 Å². The minimum absolute atomic E-state index is 0. The molecule has 0 heterocycles. The lowest BCUT2D eigenvalue weighted by Gasteiger charge is -2.12. The van der Waals surface area contributed by atoms with Crippen LogP contribution in [0.4, 0.5) is 0 Å². The van der Waals surface area contributed by atoms with E-state index in [-0.39, 0.29) is 2.85 Å². The van der Waals surface area contributed by atoms with Gasteiger partial charge in [-0.05, 0) is 63.7 Å². The predicted molar refractivity (Wildman–Crippen MR) is 168 cm³/mol. The molecule has 0 aromatic heterocycles. The van der Waals surface area contributed by atoms with Crippen molar-refractivity contribution >= 4 is 0 Å². The maximum absolute atomic E-state index is 4.16. The highest BCUT2D eigenvalue weighted by molar-refractivity contribution is 5.02. The van der Waals surface area contributed by atoms with Gasteiger partial charge >= 0.3 is 0 Å². The minimum atomic E-state index is 0. The summed E-state index contributed by atoms with van der Waals surface area (Å²) in [6.07, 6.45) is 41.9. The summed E-state index contributed by atoms with van der Waals surface area (Å²) in [5.41, 5.74) is 1.18. The average Bonchev–Trinajstić information content (AvgIpc) is 2.88. The van der Waals surface area contributed by atoms with E-state index in [1.807, 2.05) is 13.8 Å². The Balaban J connectivity index is -0.00000132. The van der Waals surface area contributed by atoms with Gasteiger partial charge in [0.2, 0.25) is 0 Å². The smallest absolute Gasteiger partial charge is 0.0143 e. The van der Waals surface area contributed by atoms with Crippen molar-refractivity contribution in [1.82, 2.24) is 5.32 Å². The number of nitrogens with one attached hydrogen (secondary N) is 1. The van der Waals surface area contributed by atoms with Gasteiger partial charge in [-0.1, -0.05) is 140 Å². The fraction of sp³-hybridized carbons (Fsp3) is 0.588. The second-order valence-corrected chi connectivity index (χ2v) is 8.66. The highest BCUT2D eigenvalue weighted by Gasteiger charge is 2.02. The topological polar surface area (TPSA) is 12.0 Å². The van der Waals surface area contributed by atoms with Crippen molar-refractivity contribution in [3.63, 3.8) is 0 Å². The van der Waals surface area contributed by atoms with Crippen molar-refractivity contribution in [2.75, 3.05) is 6.54 Å². The van der Waals surface area contributed by atoms with Crippen LogP contribution >= 0.6 is 0 Å². The van der Waals surface area contributed by atoms with Crippen LogP contribution in [-0.4, -0.2) is 6.54 Å². The standard InChI is InChI=1S/C32H53N.C2H6.2H2/c1-5-8-9-10-11-12-13-14-15-16-17-18-19-20-21-22-23-24-25-28-31(4)33-30-27-26-29-32(6-2)7-3;1-2;;/h8-9,11-12,14-15,17-18,20-21,23-24,32-33H,4-7,10,13,16,19,22,25-30H2,1-3H3;1-2H3;2*1H/b9-8-,12-11-,15-14-,18-17-,21-20-,24-23-;;;. The third-order valence-electron chi connectivity index (χ3n) is 5.78. The van der Waals surface area contributed by atoms with Crippen molar-refractivity contribution in [3.05, 3.63) is 85.2 Å². The van der Waals surface area contributed by atoms with Crippen LogP contribution in [0.2, 0.25) is 0 Å². The molecule has 204 valence electrons. The van der Waals surface area contributed by atoms with Gasteiger partial charge in [0.25, 0.3) is 0 Å². The molecule has 35 heavy (non-hydrogen) atoms.